The Bertz CT molecular complexity index is 740. The molecule has 2 aliphatic rings. The number of benzene rings is 1. The van der Waals surface area contributed by atoms with Crippen molar-refractivity contribution < 1.29 is 0 Å². The highest BCUT2D eigenvalue weighted by molar-refractivity contribution is 6.31. The minimum absolute atomic E-state index is 0.771. The molecule has 2 saturated heterocycles. The summed E-state index contributed by atoms with van der Waals surface area (Å²) < 4.78 is 2.36. The maximum Gasteiger partial charge on any atom is 0.0481 e. The molecular formula is C22H33ClN4. The monoisotopic (exact) mass is 388 g/mol. The van der Waals surface area contributed by atoms with E-state index in [1.54, 1.807) is 0 Å². The summed E-state index contributed by atoms with van der Waals surface area (Å²) in [5.74, 6) is 0. The van der Waals surface area contributed by atoms with Crippen LogP contribution in [0.15, 0.2) is 30.5 Å². The molecule has 0 radical (unpaired) electrons. The summed E-state index contributed by atoms with van der Waals surface area (Å²) in [7, 11) is 0. The first-order valence-corrected chi connectivity index (χ1v) is 10.9. The quantitative estimate of drug-likeness (QED) is 0.748. The Kier molecular flexibility index (Phi) is 6.08. The van der Waals surface area contributed by atoms with Crippen molar-refractivity contribution >= 4 is 22.5 Å². The van der Waals surface area contributed by atoms with Gasteiger partial charge in [0.1, 0.15) is 0 Å². The molecule has 148 valence electrons. The Labute approximate surface area is 168 Å². The zero-order valence-corrected chi connectivity index (χ0v) is 17.5. The summed E-state index contributed by atoms with van der Waals surface area (Å²) in [6.45, 7) is 14.2. The number of halogens is 1. The maximum absolute atomic E-state index is 6.10. The lowest BCUT2D eigenvalue weighted by molar-refractivity contribution is 0.108. The fourth-order valence-electron chi connectivity index (χ4n) is 4.80. The molecule has 0 N–H and O–H groups in total. The lowest BCUT2D eigenvalue weighted by Crippen LogP contribution is -2.49. The third kappa shape index (κ3) is 4.51. The molecular weight excluding hydrogens is 356 g/mol. The SMILES string of the molecule is C[C@H]1CC[C@H](C)N1CCN1CCN(CCn2ccc3cc(Cl)ccc32)CC1. The van der Waals surface area contributed by atoms with E-state index in [9.17, 15) is 0 Å². The average molecular weight is 389 g/mol. The molecule has 0 unspecified atom stereocenters. The lowest BCUT2D eigenvalue weighted by Gasteiger charge is -2.36. The van der Waals surface area contributed by atoms with Gasteiger partial charge in [-0.2, -0.15) is 0 Å². The number of piperazine rings is 1. The van der Waals surface area contributed by atoms with Gasteiger partial charge in [0.05, 0.1) is 0 Å². The van der Waals surface area contributed by atoms with Crippen LogP contribution in [-0.2, 0) is 6.54 Å². The van der Waals surface area contributed by atoms with E-state index in [4.69, 9.17) is 11.6 Å². The summed E-state index contributed by atoms with van der Waals surface area (Å²) in [5.41, 5.74) is 1.28. The van der Waals surface area contributed by atoms with Crippen molar-refractivity contribution in [2.75, 3.05) is 45.8 Å². The van der Waals surface area contributed by atoms with E-state index in [0.717, 1.165) is 30.2 Å². The summed E-state index contributed by atoms with van der Waals surface area (Å²) in [5, 5.41) is 2.05. The second-order valence-corrected chi connectivity index (χ2v) is 8.85. The van der Waals surface area contributed by atoms with Crippen LogP contribution < -0.4 is 0 Å². The number of rotatable bonds is 6. The van der Waals surface area contributed by atoms with E-state index in [1.807, 2.05) is 12.1 Å². The highest BCUT2D eigenvalue weighted by Gasteiger charge is 2.27. The second kappa shape index (κ2) is 8.52. The zero-order valence-electron chi connectivity index (χ0n) is 16.8. The van der Waals surface area contributed by atoms with Crippen LogP contribution in [0.1, 0.15) is 26.7 Å². The first-order chi connectivity index (χ1) is 13.1. The van der Waals surface area contributed by atoms with Crippen LogP contribution in [0.2, 0.25) is 5.02 Å². The Morgan fingerprint density at radius 1 is 0.852 bits per heavy atom. The molecule has 2 fully saturated rings. The van der Waals surface area contributed by atoms with Gasteiger partial charge in [-0.15, -0.1) is 0 Å². The van der Waals surface area contributed by atoms with Gasteiger partial charge in [0.2, 0.25) is 0 Å². The minimum Gasteiger partial charge on any atom is -0.346 e. The number of likely N-dealkylation sites (tertiary alicyclic amines) is 1. The molecule has 2 aliphatic heterocycles. The Balaban J connectivity index is 1.21. The van der Waals surface area contributed by atoms with E-state index in [-0.39, 0.29) is 0 Å². The largest absolute Gasteiger partial charge is 0.346 e. The molecule has 2 atom stereocenters. The van der Waals surface area contributed by atoms with Gasteiger partial charge in [-0.25, -0.2) is 0 Å². The predicted molar refractivity (Wildman–Crippen MR) is 115 cm³/mol. The van der Waals surface area contributed by atoms with Crippen molar-refractivity contribution in [2.45, 2.75) is 45.3 Å². The molecule has 3 heterocycles. The Morgan fingerprint density at radius 2 is 1.48 bits per heavy atom. The van der Waals surface area contributed by atoms with E-state index in [0.29, 0.717) is 0 Å². The van der Waals surface area contributed by atoms with Crippen molar-refractivity contribution in [3.8, 4) is 0 Å². The summed E-state index contributed by atoms with van der Waals surface area (Å²) in [4.78, 5) is 7.97. The Hall–Kier alpha value is -1.07. The van der Waals surface area contributed by atoms with E-state index < -0.39 is 0 Å². The third-order valence-electron chi connectivity index (χ3n) is 6.66. The third-order valence-corrected chi connectivity index (χ3v) is 6.90. The number of nitrogens with zero attached hydrogens (tertiary/aromatic N) is 4. The van der Waals surface area contributed by atoms with Gasteiger partial charge in [-0.05, 0) is 51.0 Å². The van der Waals surface area contributed by atoms with Crippen LogP contribution in [0.3, 0.4) is 0 Å². The lowest BCUT2D eigenvalue weighted by atomic mass is 10.2. The van der Waals surface area contributed by atoms with Gasteiger partial charge in [-0.1, -0.05) is 11.6 Å². The van der Waals surface area contributed by atoms with Gasteiger partial charge in [0.25, 0.3) is 0 Å². The van der Waals surface area contributed by atoms with Crippen molar-refractivity contribution in [1.29, 1.82) is 0 Å². The second-order valence-electron chi connectivity index (χ2n) is 8.41. The molecule has 1 aromatic heterocycles. The molecule has 1 aromatic carbocycles. The van der Waals surface area contributed by atoms with Crippen LogP contribution in [0.25, 0.3) is 10.9 Å². The maximum atomic E-state index is 6.10. The molecule has 5 heteroatoms. The number of hydrogen-bond donors (Lipinski definition) is 0. The molecule has 0 amide bonds. The standard InChI is InChI=1S/C22H33ClN4/c1-18-3-4-19(2)27(18)16-14-25-11-9-24(10-12-25)13-15-26-8-7-20-17-21(23)5-6-22(20)26/h5-8,17-19H,3-4,9-16H2,1-2H3/t18-,19-/m0/s1. The molecule has 4 nitrogen and oxygen atoms in total. The van der Waals surface area contributed by atoms with Crippen molar-refractivity contribution in [3.63, 3.8) is 0 Å². The van der Waals surface area contributed by atoms with E-state index in [2.05, 4.69) is 51.4 Å². The van der Waals surface area contributed by atoms with Gasteiger partial charge < -0.3 is 4.57 Å². The number of aromatic nitrogens is 1. The van der Waals surface area contributed by atoms with Gasteiger partial charge in [0.15, 0.2) is 0 Å². The predicted octanol–water partition coefficient (Wildman–Crippen LogP) is 3.79. The fraction of sp³-hybridized carbons (Fsp3) is 0.636. The molecule has 27 heavy (non-hydrogen) atoms. The van der Waals surface area contributed by atoms with Crippen LogP contribution in [-0.4, -0.2) is 77.2 Å². The summed E-state index contributed by atoms with van der Waals surface area (Å²) in [6, 6.07) is 9.88. The molecule has 4 rings (SSSR count). The average Bonchev–Trinajstić information content (AvgIpc) is 3.22. The fourth-order valence-corrected chi connectivity index (χ4v) is 4.98. The van der Waals surface area contributed by atoms with Crippen molar-refractivity contribution in [1.82, 2.24) is 19.3 Å². The van der Waals surface area contributed by atoms with Crippen molar-refractivity contribution in [2.24, 2.45) is 0 Å². The molecule has 0 bridgehead atoms. The van der Waals surface area contributed by atoms with Crippen LogP contribution in [0.4, 0.5) is 0 Å². The normalized spacial score (nSPS) is 25.6. The van der Waals surface area contributed by atoms with Gasteiger partial charge in [0, 0.05) is 86.6 Å². The smallest absolute Gasteiger partial charge is 0.0481 e. The van der Waals surface area contributed by atoms with Crippen LogP contribution in [0, 0.1) is 0 Å². The zero-order chi connectivity index (χ0) is 18.8. The first kappa shape index (κ1) is 19.3. The molecule has 0 aliphatic carbocycles. The van der Waals surface area contributed by atoms with Crippen LogP contribution >= 0.6 is 11.6 Å². The molecule has 2 aromatic rings. The summed E-state index contributed by atoms with van der Waals surface area (Å²) >= 11 is 6.10. The van der Waals surface area contributed by atoms with E-state index in [1.165, 1.54) is 63.0 Å². The van der Waals surface area contributed by atoms with Crippen molar-refractivity contribution in [3.05, 3.63) is 35.5 Å². The molecule has 0 saturated carbocycles. The van der Waals surface area contributed by atoms with E-state index >= 15 is 0 Å². The topological polar surface area (TPSA) is 14.7 Å². The van der Waals surface area contributed by atoms with Gasteiger partial charge in [-0.3, -0.25) is 14.7 Å². The minimum atomic E-state index is 0.771. The number of fused-ring (bicyclic) bond motifs is 1. The molecule has 0 spiro atoms. The summed E-state index contributed by atoms with van der Waals surface area (Å²) in [6.07, 6.45) is 4.93. The highest BCUT2D eigenvalue weighted by atomic mass is 35.5. The first-order valence-electron chi connectivity index (χ1n) is 10.5. The Morgan fingerprint density at radius 3 is 2.15 bits per heavy atom. The highest BCUT2D eigenvalue weighted by Crippen LogP contribution is 2.23. The van der Waals surface area contributed by atoms with Crippen LogP contribution in [0.5, 0.6) is 0 Å². The van der Waals surface area contributed by atoms with Gasteiger partial charge >= 0.3 is 0 Å². The number of hydrogen-bond acceptors (Lipinski definition) is 3.